The molecule has 3 rings (SSSR count). The van der Waals surface area contributed by atoms with E-state index in [2.05, 4.69) is 10.3 Å². The van der Waals surface area contributed by atoms with E-state index in [1.165, 1.54) is 16.7 Å². The molecule has 0 saturated heterocycles. The molecule has 0 aliphatic carbocycles. The van der Waals surface area contributed by atoms with Crippen molar-refractivity contribution in [3.05, 3.63) is 58.6 Å². The van der Waals surface area contributed by atoms with E-state index in [4.69, 9.17) is 11.6 Å². The van der Waals surface area contributed by atoms with Gasteiger partial charge in [0.1, 0.15) is 0 Å². The Morgan fingerprint density at radius 1 is 1.19 bits per heavy atom. The fourth-order valence-corrected chi connectivity index (χ4v) is 3.42. The Hall–Kier alpha value is -2.31. The van der Waals surface area contributed by atoms with E-state index in [1.54, 1.807) is 44.4 Å². The van der Waals surface area contributed by atoms with Crippen LogP contribution >= 0.6 is 23.4 Å². The minimum atomic E-state index is -0.0977. The molecule has 0 saturated carbocycles. The van der Waals surface area contributed by atoms with Crippen molar-refractivity contribution in [3.8, 4) is 0 Å². The summed E-state index contributed by atoms with van der Waals surface area (Å²) in [4.78, 5) is 30.2. The van der Waals surface area contributed by atoms with Crippen LogP contribution in [0.15, 0.2) is 47.5 Å². The molecule has 0 atom stereocenters. The first kappa shape index (κ1) is 18.5. The van der Waals surface area contributed by atoms with Gasteiger partial charge in [0.05, 0.1) is 16.5 Å². The van der Waals surface area contributed by atoms with Crippen LogP contribution in [-0.4, -0.2) is 41.6 Å². The molecule has 0 radical (unpaired) electrons. The van der Waals surface area contributed by atoms with Gasteiger partial charge in [0, 0.05) is 36.8 Å². The van der Waals surface area contributed by atoms with Crippen molar-refractivity contribution >= 4 is 51.6 Å². The lowest BCUT2D eigenvalue weighted by atomic mass is 10.1. The number of anilines is 1. The maximum absolute atomic E-state index is 12.1. The van der Waals surface area contributed by atoms with Gasteiger partial charge in [-0.2, -0.15) is 0 Å². The maximum Gasteiger partial charge on any atom is 0.253 e. The fourth-order valence-electron chi connectivity index (χ4n) is 2.51. The molecule has 1 heterocycles. The summed E-state index contributed by atoms with van der Waals surface area (Å²) in [5.74, 6) is 0.129. The summed E-state index contributed by atoms with van der Waals surface area (Å²) in [6, 6.07) is 12.5. The number of rotatable bonds is 4. The van der Waals surface area contributed by atoms with Crippen LogP contribution in [0.3, 0.4) is 0 Å². The molecule has 2 aromatic carbocycles. The Labute approximate surface area is 161 Å². The summed E-state index contributed by atoms with van der Waals surface area (Å²) in [6.07, 6.45) is 0.685. The van der Waals surface area contributed by atoms with Gasteiger partial charge in [-0.1, -0.05) is 17.7 Å². The van der Waals surface area contributed by atoms with Gasteiger partial charge in [0.25, 0.3) is 5.91 Å². The Kier molecular flexibility index (Phi) is 5.64. The number of hydrogen-bond acceptors (Lipinski definition) is 4. The second-order valence-corrected chi connectivity index (χ2v) is 7.55. The Morgan fingerprint density at radius 3 is 2.62 bits per heavy atom. The lowest BCUT2D eigenvalue weighted by Crippen LogP contribution is -2.21. The highest BCUT2D eigenvalue weighted by molar-refractivity contribution is 8.14. The van der Waals surface area contributed by atoms with Crippen LogP contribution in [0, 0.1) is 0 Å². The zero-order chi connectivity index (χ0) is 18.7. The summed E-state index contributed by atoms with van der Waals surface area (Å²) >= 11 is 7.24. The molecule has 7 heteroatoms. The van der Waals surface area contributed by atoms with E-state index in [1.807, 2.05) is 12.1 Å². The average Bonchev–Trinajstić information content (AvgIpc) is 3.03. The van der Waals surface area contributed by atoms with Crippen molar-refractivity contribution in [2.75, 3.05) is 25.2 Å². The topological polar surface area (TPSA) is 61.8 Å². The van der Waals surface area contributed by atoms with Crippen LogP contribution in [0.25, 0.3) is 0 Å². The third kappa shape index (κ3) is 4.45. The summed E-state index contributed by atoms with van der Waals surface area (Å²) in [5.41, 5.74) is 3.20. The molecule has 1 aliphatic rings. The predicted molar refractivity (Wildman–Crippen MR) is 108 cm³/mol. The number of benzene rings is 2. The molecular formula is C19H18ClN3O2S. The summed E-state index contributed by atoms with van der Waals surface area (Å²) in [5, 5.41) is 4.33. The van der Waals surface area contributed by atoms with E-state index in [9.17, 15) is 9.59 Å². The lowest BCUT2D eigenvalue weighted by molar-refractivity contribution is -0.113. The molecule has 2 aromatic rings. The molecule has 0 fully saturated rings. The summed E-state index contributed by atoms with van der Waals surface area (Å²) in [6.45, 7) is 0. The first-order valence-corrected chi connectivity index (χ1v) is 9.39. The number of nitrogens with zero attached hydrogens (tertiary/aromatic N) is 2. The van der Waals surface area contributed by atoms with Crippen molar-refractivity contribution in [2.45, 2.75) is 6.42 Å². The second kappa shape index (κ2) is 7.93. The number of amides is 2. The largest absolute Gasteiger partial charge is 0.345 e. The number of thioether (sulfide) groups is 1. The van der Waals surface area contributed by atoms with Crippen molar-refractivity contribution in [2.24, 2.45) is 4.99 Å². The van der Waals surface area contributed by atoms with Gasteiger partial charge in [-0.15, -0.1) is 11.8 Å². The fraction of sp³-hybridized carbons (Fsp3) is 0.211. The number of hydrogen-bond donors (Lipinski definition) is 1. The van der Waals surface area contributed by atoms with E-state index in [0.29, 0.717) is 22.7 Å². The Morgan fingerprint density at radius 2 is 1.92 bits per heavy atom. The van der Waals surface area contributed by atoms with Gasteiger partial charge < -0.3 is 10.2 Å². The van der Waals surface area contributed by atoms with Crippen molar-refractivity contribution in [1.82, 2.24) is 4.90 Å². The van der Waals surface area contributed by atoms with Gasteiger partial charge >= 0.3 is 0 Å². The zero-order valence-corrected chi connectivity index (χ0v) is 16.0. The third-order valence-electron chi connectivity index (χ3n) is 3.82. The Bertz CT molecular complexity index is 879. The highest BCUT2D eigenvalue weighted by atomic mass is 35.5. The van der Waals surface area contributed by atoms with Crippen LogP contribution in [0.2, 0.25) is 5.02 Å². The smallest absolute Gasteiger partial charge is 0.253 e. The van der Waals surface area contributed by atoms with E-state index >= 15 is 0 Å². The monoisotopic (exact) mass is 387 g/mol. The average molecular weight is 388 g/mol. The van der Waals surface area contributed by atoms with Crippen LogP contribution in [0.4, 0.5) is 11.4 Å². The summed E-state index contributed by atoms with van der Waals surface area (Å²) in [7, 11) is 3.44. The first-order chi connectivity index (χ1) is 12.4. The minimum absolute atomic E-state index is 0.0496. The number of aliphatic imine (C=N–C) groups is 1. The molecule has 0 unspecified atom stereocenters. The van der Waals surface area contributed by atoms with Crippen LogP contribution in [0.5, 0.6) is 0 Å². The van der Waals surface area contributed by atoms with Gasteiger partial charge in [-0.25, -0.2) is 4.99 Å². The third-order valence-corrected chi connectivity index (χ3v) is 5.05. The second-order valence-electron chi connectivity index (χ2n) is 6.07. The van der Waals surface area contributed by atoms with Crippen molar-refractivity contribution < 1.29 is 9.59 Å². The molecule has 134 valence electrons. The molecular weight excluding hydrogens is 370 g/mol. The molecule has 5 nitrogen and oxygen atoms in total. The number of halogens is 1. The molecule has 2 amide bonds. The predicted octanol–water partition coefficient (Wildman–Crippen LogP) is 4.00. The molecule has 1 N–H and O–H groups in total. The minimum Gasteiger partial charge on any atom is -0.345 e. The molecule has 0 aromatic heterocycles. The normalized spacial score (nSPS) is 12.3. The molecule has 0 spiro atoms. The molecule has 1 aliphatic heterocycles. The van der Waals surface area contributed by atoms with Gasteiger partial charge in [-0.3, -0.25) is 9.59 Å². The first-order valence-electron chi connectivity index (χ1n) is 8.03. The molecule has 26 heavy (non-hydrogen) atoms. The van der Waals surface area contributed by atoms with E-state index in [0.717, 1.165) is 16.3 Å². The number of carbonyl (C=O) groups excluding carboxylic acids is 2. The number of nitrogens with one attached hydrogen (secondary N) is 1. The molecule has 0 bridgehead atoms. The van der Waals surface area contributed by atoms with Crippen molar-refractivity contribution in [1.29, 1.82) is 0 Å². The Balaban J connectivity index is 1.58. The highest BCUT2D eigenvalue weighted by Gasteiger charge is 2.18. The number of fused-ring (bicyclic) bond motifs is 1. The number of carbonyl (C=O) groups is 2. The van der Waals surface area contributed by atoms with Gasteiger partial charge in [0.2, 0.25) is 5.91 Å². The quantitative estimate of drug-likeness (QED) is 0.862. The van der Waals surface area contributed by atoms with Crippen LogP contribution < -0.4 is 5.32 Å². The van der Waals surface area contributed by atoms with Crippen LogP contribution in [-0.2, 0) is 11.2 Å². The SMILES string of the molecule is CN(C)C(=O)c1ccc2c(c1)N=C(SCC(=O)Nc1ccc(Cl)cc1)C2. The lowest BCUT2D eigenvalue weighted by Gasteiger charge is -2.10. The van der Waals surface area contributed by atoms with Gasteiger partial charge in [0.15, 0.2) is 0 Å². The zero-order valence-electron chi connectivity index (χ0n) is 14.5. The van der Waals surface area contributed by atoms with Crippen LogP contribution in [0.1, 0.15) is 15.9 Å². The summed E-state index contributed by atoms with van der Waals surface area (Å²) < 4.78 is 0. The maximum atomic E-state index is 12.1. The van der Waals surface area contributed by atoms with Gasteiger partial charge in [-0.05, 0) is 42.0 Å². The van der Waals surface area contributed by atoms with Crippen molar-refractivity contribution in [3.63, 3.8) is 0 Å². The van der Waals surface area contributed by atoms with E-state index < -0.39 is 0 Å². The highest BCUT2D eigenvalue weighted by Crippen LogP contribution is 2.31. The van der Waals surface area contributed by atoms with E-state index in [-0.39, 0.29) is 17.6 Å². The standard InChI is InChI=1S/C19H18ClN3O2S/c1-23(2)19(25)13-4-3-12-10-18(22-16(12)9-13)26-11-17(24)21-15-7-5-14(20)6-8-15/h3-9H,10-11H2,1-2H3,(H,21,24).